The zero-order valence-corrected chi connectivity index (χ0v) is 13.3. The summed E-state index contributed by atoms with van der Waals surface area (Å²) in [5.74, 6) is 0.282. The first kappa shape index (κ1) is 13.9. The van der Waals surface area contributed by atoms with E-state index in [2.05, 4.69) is 12.2 Å². The monoisotopic (exact) mass is 317 g/mol. The summed E-state index contributed by atoms with van der Waals surface area (Å²) in [4.78, 5) is 0.734. The fraction of sp³-hybridized carbons (Fsp3) is 0.571. The van der Waals surface area contributed by atoms with Gasteiger partial charge in [-0.3, -0.25) is 4.21 Å². The molecule has 1 aromatic carbocycles. The van der Waals surface area contributed by atoms with Gasteiger partial charge in [0.15, 0.2) is 0 Å². The number of hydrogen-bond acceptors (Lipinski definition) is 2. The van der Waals surface area contributed by atoms with Crippen molar-refractivity contribution in [2.75, 3.05) is 0 Å². The Balaban J connectivity index is 2.13. The molecule has 1 saturated carbocycles. The Kier molecular flexibility index (Phi) is 3.67. The van der Waals surface area contributed by atoms with E-state index in [1.807, 2.05) is 13.0 Å². The second-order valence-electron chi connectivity index (χ2n) is 5.55. The summed E-state index contributed by atoms with van der Waals surface area (Å²) in [6.45, 7) is 4.17. The third kappa shape index (κ3) is 2.35. The van der Waals surface area contributed by atoms with Gasteiger partial charge in [0.2, 0.25) is 0 Å². The van der Waals surface area contributed by atoms with Crippen LogP contribution in [-0.4, -0.2) is 15.5 Å². The van der Waals surface area contributed by atoms with Crippen LogP contribution in [0, 0.1) is 5.92 Å². The van der Waals surface area contributed by atoms with Gasteiger partial charge in [-0.2, -0.15) is 0 Å². The number of fused-ring (bicyclic) bond motifs is 1. The molecular weight excluding hydrogens is 301 g/mol. The summed E-state index contributed by atoms with van der Waals surface area (Å²) in [5, 5.41) is 4.96. The molecule has 1 heterocycles. The van der Waals surface area contributed by atoms with Gasteiger partial charge in [-0.15, -0.1) is 0 Å². The molecule has 0 aromatic heterocycles. The normalized spacial score (nSPS) is 34.1. The highest BCUT2D eigenvalue weighted by Gasteiger charge is 2.41. The van der Waals surface area contributed by atoms with Crippen molar-refractivity contribution in [3.05, 3.63) is 27.7 Å². The Labute approximate surface area is 126 Å². The van der Waals surface area contributed by atoms with Gasteiger partial charge in [-0.25, -0.2) is 0 Å². The fourth-order valence-electron chi connectivity index (χ4n) is 2.70. The quantitative estimate of drug-likeness (QED) is 0.895. The predicted molar refractivity (Wildman–Crippen MR) is 80.4 cm³/mol. The molecule has 2 nitrogen and oxygen atoms in total. The molecule has 2 aliphatic rings. The molecule has 1 aromatic rings. The second kappa shape index (κ2) is 5.03. The predicted octanol–water partition coefficient (Wildman–Crippen LogP) is 3.93. The van der Waals surface area contributed by atoms with Gasteiger partial charge in [0.25, 0.3) is 0 Å². The number of halogens is 2. The van der Waals surface area contributed by atoms with Gasteiger partial charge in [0, 0.05) is 27.9 Å². The molecule has 0 spiro atoms. The van der Waals surface area contributed by atoms with Crippen molar-refractivity contribution in [2.24, 2.45) is 5.92 Å². The van der Waals surface area contributed by atoms with Gasteiger partial charge in [0.05, 0.1) is 20.7 Å². The van der Waals surface area contributed by atoms with Gasteiger partial charge >= 0.3 is 0 Å². The molecule has 1 aliphatic carbocycles. The van der Waals surface area contributed by atoms with E-state index in [1.165, 1.54) is 12.8 Å². The van der Waals surface area contributed by atoms with Crippen LogP contribution >= 0.6 is 23.2 Å². The molecule has 1 aliphatic heterocycles. The van der Waals surface area contributed by atoms with Gasteiger partial charge < -0.3 is 5.32 Å². The Morgan fingerprint density at radius 3 is 2.47 bits per heavy atom. The second-order valence-corrected chi connectivity index (χ2v) is 8.11. The van der Waals surface area contributed by atoms with E-state index in [9.17, 15) is 4.21 Å². The van der Waals surface area contributed by atoms with E-state index >= 15 is 0 Å². The number of hydrogen-bond donors (Lipinski definition) is 1. The number of nitrogens with one attached hydrogen (secondary N) is 1. The Morgan fingerprint density at radius 2 is 1.84 bits per heavy atom. The standard InChI is InChI=1S/C14H17Cl2NOS/c1-7-8(2)19(18)14-11(16)6-5-10(15)12(14)13(7)17-9-3-4-9/h5-9,13,17H,3-4H2,1-2H3. The third-order valence-corrected chi connectivity index (χ3v) is 6.91. The summed E-state index contributed by atoms with van der Waals surface area (Å²) in [7, 11) is -1.08. The maximum absolute atomic E-state index is 12.6. The lowest BCUT2D eigenvalue weighted by molar-refractivity contribution is 0.364. The van der Waals surface area contributed by atoms with Crippen LogP contribution in [0.4, 0.5) is 0 Å². The summed E-state index contributed by atoms with van der Waals surface area (Å²) >= 11 is 12.6. The Hall–Kier alpha value is -0.0900. The zero-order chi connectivity index (χ0) is 13.7. The summed E-state index contributed by atoms with van der Waals surface area (Å²) in [6, 6.07) is 4.29. The van der Waals surface area contributed by atoms with Crippen molar-refractivity contribution in [1.29, 1.82) is 0 Å². The van der Waals surface area contributed by atoms with E-state index in [0.29, 0.717) is 16.1 Å². The van der Waals surface area contributed by atoms with Crippen LogP contribution in [0.1, 0.15) is 38.3 Å². The molecule has 4 unspecified atom stereocenters. The minimum absolute atomic E-state index is 0.0831. The highest BCUT2D eigenvalue weighted by molar-refractivity contribution is 7.86. The molecule has 0 bridgehead atoms. The molecule has 104 valence electrons. The molecule has 19 heavy (non-hydrogen) atoms. The third-order valence-electron chi connectivity index (χ3n) is 4.20. The number of benzene rings is 1. The lowest BCUT2D eigenvalue weighted by atomic mass is 9.91. The van der Waals surface area contributed by atoms with Crippen molar-refractivity contribution < 1.29 is 4.21 Å². The average Bonchev–Trinajstić information content (AvgIpc) is 3.19. The van der Waals surface area contributed by atoms with E-state index in [0.717, 1.165) is 10.5 Å². The Morgan fingerprint density at radius 1 is 1.21 bits per heavy atom. The SMILES string of the molecule is CC1C(NC2CC2)c2c(Cl)ccc(Cl)c2S(=O)C1C. The van der Waals surface area contributed by atoms with Crippen molar-refractivity contribution in [3.8, 4) is 0 Å². The van der Waals surface area contributed by atoms with Gasteiger partial charge in [-0.1, -0.05) is 37.0 Å². The van der Waals surface area contributed by atoms with E-state index in [4.69, 9.17) is 23.2 Å². The molecule has 0 amide bonds. The fourth-order valence-corrected chi connectivity index (χ4v) is 5.05. The maximum atomic E-state index is 12.6. The van der Waals surface area contributed by atoms with E-state index in [-0.39, 0.29) is 17.2 Å². The van der Waals surface area contributed by atoms with Crippen molar-refractivity contribution in [3.63, 3.8) is 0 Å². The van der Waals surface area contributed by atoms with E-state index < -0.39 is 10.8 Å². The topological polar surface area (TPSA) is 29.1 Å². The first-order valence-corrected chi connectivity index (χ1v) is 8.62. The zero-order valence-electron chi connectivity index (χ0n) is 11.0. The largest absolute Gasteiger partial charge is 0.307 e. The lowest BCUT2D eigenvalue weighted by Gasteiger charge is -2.37. The van der Waals surface area contributed by atoms with Crippen molar-refractivity contribution in [2.45, 2.75) is 48.9 Å². The molecule has 1 N–H and O–H groups in total. The molecular formula is C14H17Cl2NOS. The Bertz CT molecular complexity index is 544. The first-order chi connectivity index (χ1) is 9.00. The maximum Gasteiger partial charge on any atom is 0.0639 e. The molecule has 4 atom stereocenters. The molecule has 5 heteroatoms. The van der Waals surface area contributed by atoms with E-state index in [1.54, 1.807) is 6.07 Å². The van der Waals surface area contributed by atoms with Crippen LogP contribution in [0.15, 0.2) is 17.0 Å². The van der Waals surface area contributed by atoms with Crippen LogP contribution < -0.4 is 5.32 Å². The molecule has 1 fully saturated rings. The van der Waals surface area contributed by atoms with Crippen LogP contribution in [0.3, 0.4) is 0 Å². The highest BCUT2D eigenvalue weighted by Crippen LogP contribution is 2.45. The summed E-state index contributed by atoms with van der Waals surface area (Å²) in [5.41, 5.74) is 0.949. The molecule has 0 radical (unpaired) electrons. The summed E-state index contributed by atoms with van der Waals surface area (Å²) in [6.07, 6.45) is 2.43. The summed E-state index contributed by atoms with van der Waals surface area (Å²) < 4.78 is 12.6. The highest BCUT2D eigenvalue weighted by atomic mass is 35.5. The average molecular weight is 318 g/mol. The van der Waals surface area contributed by atoms with Crippen molar-refractivity contribution >= 4 is 34.0 Å². The van der Waals surface area contributed by atoms with Gasteiger partial charge in [0.1, 0.15) is 0 Å². The molecule has 0 saturated heterocycles. The minimum atomic E-state index is -1.08. The van der Waals surface area contributed by atoms with Crippen LogP contribution in [0.25, 0.3) is 0 Å². The first-order valence-electron chi connectivity index (χ1n) is 6.65. The molecule has 3 rings (SSSR count). The van der Waals surface area contributed by atoms with Crippen molar-refractivity contribution in [1.82, 2.24) is 5.32 Å². The minimum Gasteiger partial charge on any atom is -0.307 e. The van der Waals surface area contributed by atoms with Crippen LogP contribution in [-0.2, 0) is 10.8 Å². The van der Waals surface area contributed by atoms with Gasteiger partial charge in [-0.05, 0) is 30.9 Å². The lowest BCUT2D eigenvalue weighted by Crippen LogP contribution is -2.40. The number of rotatable bonds is 2. The van der Waals surface area contributed by atoms with Crippen LogP contribution in [0.2, 0.25) is 10.0 Å². The van der Waals surface area contributed by atoms with Crippen LogP contribution in [0.5, 0.6) is 0 Å². The smallest absolute Gasteiger partial charge is 0.0639 e.